The molecule has 0 bridgehead atoms. The second kappa shape index (κ2) is 3.87. The van der Waals surface area contributed by atoms with Gasteiger partial charge >= 0.3 is 0 Å². The summed E-state index contributed by atoms with van der Waals surface area (Å²) in [6.07, 6.45) is 0. The summed E-state index contributed by atoms with van der Waals surface area (Å²) in [5, 5.41) is 1.11. The summed E-state index contributed by atoms with van der Waals surface area (Å²) in [4.78, 5) is 0. The first-order chi connectivity index (χ1) is 5.70. The first kappa shape index (κ1) is 12.8. The molecule has 0 spiro atoms. The van der Waals surface area contributed by atoms with Gasteiger partial charge in [0, 0.05) is 0 Å². The lowest BCUT2D eigenvalue weighted by atomic mass is 9.78. The first-order valence-corrected chi connectivity index (χ1v) is 4.26. The average molecular weight is 190 g/mol. The quantitative estimate of drug-likeness (QED) is 0.211. The van der Waals surface area contributed by atoms with Crippen LogP contribution in [0.5, 0.6) is 0 Å². The van der Waals surface area contributed by atoms with Crippen LogP contribution < -0.4 is 28.7 Å². The SMILES string of the molecule is CC(C)C(C)(N(N)N)C(C)(N)NN. The van der Waals surface area contributed by atoms with Crippen LogP contribution in [0, 0.1) is 5.92 Å². The van der Waals surface area contributed by atoms with E-state index in [9.17, 15) is 0 Å². The zero-order valence-electron chi connectivity index (χ0n) is 8.83. The van der Waals surface area contributed by atoms with E-state index in [0.717, 1.165) is 5.12 Å². The van der Waals surface area contributed by atoms with Gasteiger partial charge in [0.1, 0.15) is 0 Å². The van der Waals surface area contributed by atoms with E-state index in [2.05, 4.69) is 5.43 Å². The van der Waals surface area contributed by atoms with E-state index in [1.165, 1.54) is 0 Å². The van der Waals surface area contributed by atoms with Gasteiger partial charge in [-0.2, -0.15) is 5.12 Å². The fourth-order valence-corrected chi connectivity index (χ4v) is 1.31. The Hall–Kier alpha value is -0.240. The normalized spacial score (nSPS) is 21.7. The fourth-order valence-electron chi connectivity index (χ4n) is 1.31. The fraction of sp³-hybridized carbons (Fsp3) is 1.00. The molecule has 13 heavy (non-hydrogen) atoms. The summed E-state index contributed by atoms with van der Waals surface area (Å²) in [5.74, 6) is 16.7. The molecule has 2 unspecified atom stereocenters. The molecule has 9 N–H and O–H groups in total. The molecule has 0 aliphatic rings. The van der Waals surface area contributed by atoms with Gasteiger partial charge in [-0.3, -0.25) is 17.5 Å². The Balaban J connectivity index is 5.01. The van der Waals surface area contributed by atoms with Crippen molar-refractivity contribution in [2.45, 2.75) is 38.9 Å². The topological polar surface area (TPSA) is 119 Å². The van der Waals surface area contributed by atoms with Crippen LogP contribution in [0.25, 0.3) is 0 Å². The van der Waals surface area contributed by atoms with Gasteiger partial charge in [0.25, 0.3) is 0 Å². The van der Waals surface area contributed by atoms with Gasteiger partial charge in [-0.05, 0) is 19.8 Å². The maximum Gasteiger partial charge on any atom is 0.0974 e. The highest BCUT2D eigenvalue weighted by atomic mass is 15.6. The van der Waals surface area contributed by atoms with Crippen molar-refractivity contribution >= 4 is 0 Å². The van der Waals surface area contributed by atoms with Gasteiger partial charge in [0.05, 0.1) is 11.2 Å². The Labute approximate surface area is 79.5 Å². The molecule has 0 aromatic carbocycles. The molecule has 0 aliphatic carbocycles. The number of rotatable bonds is 4. The van der Waals surface area contributed by atoms with Crippen LogP contribution in [0.2, 0.25) is 0 Å². The highest BCUT2D eigenvalue weighted by Crippen LogP contribution is 2.28. The third-order valence-electron chi connectivity index (χ3n) is 3.01. The largest absolute Gasteiger partial charge is 0.311 e. The molecule has 80 valence electrons. The predicted octanol–water partition coefficient (Wildman–Crippen LogP) is -1.41. The molecule has 0 aromatic rings. The lowest BCUT2D eigenvalue weighted by molar-refractivity contribution is -0.0206. The Bertz CT molecular complexity index is 156. The Morgan fingerprint density at radius 2 is 1.62 bits per heavy atom. The molecule has 6 nitrogen and oxygen atoms in total. The maximum atomic E-state index is 5.96. The number of nitrogens with one attached hydrogen (secondary N) is 1. The zero-order chi connectivity index (χ0) is 10.9. The molecule has 0 heterocycles. The third kappa shape index (κ3) is 1.98. The Morgan fingerprint density at radius 3 is 1.69 bits per heavy atom. The molecule has 2 atom stereocenters. The highest BCUT2D eigenvalue weighted by molar-refractivity contribution is 5.01. The number of nitrogens with zero attached hydrogens (tertiary/aromatic N) is 1. The molecular weight excluding hydrogens is 168 g/mol. The Kier molecular flexibility index (Phi) is 3.80. The molecule has 0 saturated heterocycles. The second-order valence-corrected chi connectivity index (χ2v) is 4.06. The van der Waals surface area contributed by atoms with Crippen LogP contribution in [-0.2, 0) is 0 Å². The molecule has 0 radical (unpaired) electrons. The van der Waals surface area contributed by atoms with Gasteiger partial charge in [0.2, 0.25) is 0 Å². The van der Waals surface area contributed by atoms with E-state index in [0.29, 0.717) is 0 Å². The van der Waals surface area contributed by atoms with Crippen molar-refractivity contribution < 1.29 is 0 Å². The summed E-state index contributed by atoms with van der Waals surface area (Å²) in [6, 6.07) is 0. The summed E-state index contributed by atoms with van der Waals surface area (Å²) >= 11 is 0. The standard InChI is InChI=1S/C7H22N6/c1-5(2)6(3,13(10)11)7(4,8)12-9/h5,12H,8-11H2,1-4H3. The number of hydrogen-bond donors (Lipinski definition) is 5. The van der Waals surface area contributed by atoms with Crippen LogP contribution in [0.4, 0.5) is 0 Å². The van der Waals surface area contributed by atoms with Crippen LogP contribution in [0.15, 0.2) is 0 Å². The van der Waals surface area contributed by atoms with Gasteiger partial charge in [-0.1, -0.05) is 13.8 Å². The Morgan fingerprint density at radius 1 is 1.23 bits per heavy atom. The van der Waals surface area contributed by atoms with Gasteiger partial charge < -0.3 is 5.73 Å². The van der Waals surface area contributed by atoms with E-state index in [1.807, 2.05) is 20.8 Å². The van der Waals surface area contributed by atoms with E-state index < -0.39 is 11.2 Å². The van der Waals surface area contributed by atoms with E-state index in [-0.39, 0.29) is 5.92 Å². The lowest BCUT2D eigenvalue weighted by Gasteiger charge is -2.49. The van der Waals surface area contributed by atoms with Crippen molar-refractivity contribution in [1.82, 2.24) is 10.5 Å². The van der Waals surface area contributed by atoms with Crippen LogP contribution in [-0.4, -0.2) is 16.3 Å². The molecule has 0 fully saturated rings. The zero-order valence-corrected chi connectivity index (χ0v) is 8.83. The van der Waals surface area contributed by atoms with E-state index in [4.69, 9.17) is 23.3 Å². The molecule has 6 heteroatoms. The van der Waals surface area contributed by atoms with E-state index in [1.54, 1.807) is 6.92 Å². The third-order valence-corrected chi connectivity index (χ3v) is 3.01. The smallest absolute Gasteiger partial charge is 0.0974 e. The number of hydrazine groups is 3. The summed E-state index contributed by atoms with van der Waals surface area (Å²) in [7, 11) is 0. The van der Waals surface area contributed by atoms with Crippen LogP contribution >= 0.6 is 0 Å². The minimum atomic E-state index is -0.856. The lowest BCUT2D eigenvalue weighted by Crippen LogP contribution is -2.78. The van der Waals surface area contributed by atoms with Crippen molar-refractivity contribution in [3.05, 3.63) is 0 Å². The summed E-state index contributed by atoms with van der Waals surface area (Å²) in [5.41, 5.74) is 7.00. The van der Waals surface area contributed by atoms with Gasteiger partial charge in [0.15, 0.2) is 0 Å². The molecular formula is C7H22N6. The van der Waals surface area contributed by atoms with Crippen molar-refractivity contribution in [3.63, 3.8) is 0 Å². The van der Waals surface area contributed by atoms with Gasteiger partial charge in [-0.25, -0.2) is 5.43 Å². The van der Waals surface area contributed by atoms with Crippen LogP contribution in [0.3, 0.4) is 0 Å². The molecule has 0 saturated carbocycles. The van der Waals surface area contributed by atoms with Crippen molar-refractivity contribution in [3.8, 4) is 0 Å². The first-order valence-electron chi connectivity index (χ1n) is 4.26. The van der Waals surface area contributed by atoms with Crippen LogP contribution in [0.1, 0.15) is 27.7 Å². The summed E-state index contributed by atoms with van der Waals surface area (Å²) in [6.45, 7) is 7.57. The maximum absolute atomic E-state index is 5.96. The minimum absolute atomic E-state index is 0.161. The van der Waals surface area contributed by atoms with E-state index >= 15 is 0 Å². The monoisotopic (exact) mass is 190 g/mol. The predicted molar refractivity (Wildman–Crippen MR) is 53.4 cm³/mol. The van der Waals surface area contributed by atoms with Gasteiger partial charge in [-0.15, -0.1) is 0 Å². The molecule has 0 rings (SSSR count). The van der Waals surface area contributed by atoms with Crippen molar-refractivity contribution in [1.29, 1.82) is 0 Å². The summed E-state index contributed by atoms with van der Waals surface area (Å²) < 4.78 is 0. The molecule has 0 amide bonds. The molecule has 0 aromatic heterocycles. The van der Waals surface area contributed by atoms with Crippen molar-refractivity contribution in [2.75, 3.05) is 0 Å². The second-order valence-electron chi connectivity index (χ2n) is 4.06. The highest BCUT2D eigenvalue weighted by Gasteiger charge is 2.46. The number of nitrogens with two attached hydrogens (primary N) is 4. The van der Waals surface area contributed by atoms with Crippen molar-refractivity contribution in [2.24, 2.45) is 29.2 Å². The molecule has 0 aliphatic heterocycles. The minimum Gasteiger partial charge on any atom is -0.311 e. The average Bonchev–Trinajstić information content (AvgIpc) is 2.01. The number of hydrogen-bond acceptors (Lipinski definition) is 6.